The molecule has 0 radical (unpaired) electrons. The van der Waals surface area contributed by atoms with Crippen LogP contribution in [0.3, 0.4) is 0 Å². The monoisotopic (exact) mass is 471 g/mol. The minimum absolute atomic E-state index is 0.0105. The zero-order valence-electron chi connectivity index (χ0n) is 18.7. The van der Waals surface area contributed by atoms with Crippen molar-refractivity contribution in [2.24, 2.45) is 5.92 Å². The fourth-order valence-electron chi connectivity index (χ4n) is 3.55. The number of benzene rings is 1. The maximum absolute atomic E-state index is 13.8. The topological polar surface area (TPSA) is 100 Å². The van der Waals surface area contributed by atoms with Gasteiger partial charge in [0.2, 0.25) is 0 Å². The standard InChI is InChI=1S/C24H26FN3O4S/c1-13-10-15(6-8-17(13)25)20(30)19-16-7-9-18(29)28(11-14-4-5-14)22(16)33-21(19)27-23(31)26-12-24(2,3)32/h6-10,14,32H,4-5,11-12H2,1-3H3,(H2,26,27,31). The van der Waals surface area contributed by atoms with Crippen LogP contribution in [-0.2, 0) is 6.54 Å². The summed E-state index contributed by atoms with van der Waals surface area (Å²) in [5.74, 6) is -0.358. The molecule has 3 N–H and O–H groups in total. The number of anilines is 1. The van der Waals surface area contributed by atoms with Crippen LogP contribution in [0, 0.1) is 18.7 Å². The highest BCUT2D eigenvalue weighted by Gasteiger charge is 2.27. The normalized spacial score (nSPS) is 13.8. The maximum Gasteiger partial charge on any atom is 0.319 e. The van der Waals surface area contributed by atoms with Crippen molar-refractivity contribution in [3.05, 3.63) is 63.2 Å². The van der Waals surface area contributed by atoms with E-state index in [1.807, 2.05) is 0 Å². The van der Waals surface area contributed by atoms with Gasteiger partial charge >= 0.3 is 6.03 Å². The number of nitrogens with zero attached hydrogens (tertiary/aromatic N) is 1. The van der Waals surface area contributed by atoms with Gasteiger partial charge in [-0.2, -0.15) is 0 Å². The Morgan fingerprint density at radius 2 is 1.97 bits per heavy atom. The van der Waals surface area contributed by atoms with Gasteiger partial charge in [0.1, 0.15) is 15.6 Å². The summed E-state index contributed by atoms with van der Waals surface area (Å²) < 4.78 is 15.4. The number of pyridine rings is 1. The molecule has 0 bridgehead atoms. The van der Waals surface area contributed by atoms with E-state index in [1.165, 1.54) is 24.3 Å². The number of halogens is 1. The molecule has 0 unspecified atom stereocenters. The summed E-state index contributed by atoms with van der Waals surface area (Å²) in [6, 6.07) is 6.57. The van der Waals surface area contributed by atoms with Gasteiger partial charge in [-0.25, -0.2) is 9.18 Å². The van der Waals surface area contributed by atoms with E-state index in [9.17, 15) is 23.9 Å². The van der Waals surface area contributed by atoms with Crippen molar-refractivity contribution in [2.45, 2.75) is 45.8 Å². The minimum Gasteiger partial charge on any atom is -0.389 e. The number of ketones is 1. The van der Waals surface area contributed by atoms with E-state index in [4.69, 9.17) is 0 Å². The second-order valence-electron chi connectivity index (χ2n) is 9.16. The fraction of sp³-hybridized carbons (Fsp3) is 0.375. The van der Waals surface area contributed by atoms with E-state index in [0.717, 1.165) is 24.2 Å². The Hall–Kier alpha value is -3.04. The zero-order valence-corrected chi connectivity index (χ0v) is 19.5. The number of aliphatic hydroxyl groups is 1. The van der Waals surface area contributed by atoms with E-state index < -0.39 is 17.4 Å². The molecule has 1 saturated carbocycles. The molecule has 3 aromatic rings. The van der Waals surface area contributed by atoms with Gasteiger partial charge in [0.05, 0.1) is 11.2 Å². The average Bonchev–Trinajstić information content (AvgIpc) is 3.49. The van der Waals surface area contributed by atoms with Crippen molar-refractivity contribution in [3.63, 3.8) is 0 Å². The third-order valence-corrected chi connectivity index (χ3v) is 6.67. The molecule has 1 fully saturated rings. The number of aryl methyl sites for hydroxylation is 1. The molecular weight excluding hydrogens is 445 g/mol. The largest absolute Gasteiger partial charge is 0.389 e. The van der Waals surface area contributed by atoms with Crippen molar-refractivity contribution in [1.29, 1.82) is 0 Å². The van der Waals surface area contributed by atoms with Crippen LogP contribution >= 0.6 is 11.3 Å². The molecule has 2 amide bonds. The van der Waals surface area contributed by atoms with Gasteiger partial charge in [-0.1, -0.05) is 11.3 Å². The van der Waals surface area contributed by atoms with Crippen LogP contribution in [0.2, 0.25) is 0 Å². The predicted octanol–water partition coefficient (Wildman–Crippen LogP) is 4.04. The number of amides is 2. The Bertz CT molecular complexity index is 1300. The Morgan fingerprint density at radius 3 is 2.61 bits per heavy atom. The summed E-state index contributed by atoms with van der Waals surface area (Å²) in [5, 5.41) is 16.0. The summed E-state index contributed by atoms with van der Waals surface area (Å²) >= 11 is 1.16. The Morgan fingerprint density at radius 1 is 1.24 bits per heavy atom. The molecule has 1 aromatic carbocycles. The molecule has 2 aromatic heterocycles. The molecule has 0 spiro atoms. The second kappa shape index (κ2) is 8.72. The van der Waals surface area contributed by atoms with Crippen LogP contribution in [0.4, 0.5) is 14.2 Å². The molecule has 9 heteroatoms. The number of carbonyl (C=O) groups is 2. The van der Waals surface area contributed by atoms with Crippen LogP contribution in [0.25, 0.3) is 10.2 Å². The van der Waals surface area contributed by atoms with Crippen LogP contribution in [0.15, 0.2) is 35.1 Å². The smallest absolute Gasteiger partial charge is 0.319 e. The fourth-order valence-corrected chi connectivity index (χ4v) is 4.75. The highest BCUT2D eigenvalue weighted by Crippen LogP contribution is 2.38. The lowest BCUT2D eigenvalue weighted by Crippen LogP contribution is -2.40. The van der Waals surface area contributed by atoms with Crippen LogP contribution in [0.1, 0.15) is 48.2 Å². The Balaban J connectivity index is 1.80. The lowest BCUT2D eigenvalue weighted by atomic mass is 10.0. The highest BCUT2D eigenvalue weighted by atomic mass is 32.1. The number of aromatic nitrogens is 1. The van der Waals surface area contributed by atoms with E-state index in [-0.39, 0.29) is 29.0 Å². The second-order valence-corrected chi connectivity index (χ2v) is 10.2. The van der Waals surface area contributed by atoms with Gasteiger partial charge in [-0.3, -0.25) is 19.5 Å². The summed E-state index contributed by atoms with van der Waals surface area (Å²) in [7, 11) is 0. The first-order chi connectivity index (χ1) is 15.5. The summed E-state index contributed by atoms with van der Waals surface area (Å²) in [6.45, 7) is 5.28. The Labute approximate surface area is 194 Å². The molecular formula is C24H26FN3O4S. The van der Waals surface area contributed by atoms with Crippen LogP contribution < -0.4 is 16.2 Å². The quantitative estimate of drug-likeness (QED) is 0.453. The lowest BCUT2D eigenvalue weighted by Gasteiger charge is -2.17. The molecule has 2 heterocycles. The number of urea groups is 1. The number of carbonyl (C=O) groups excluding carboxylic acids is 2. The van der Waals surface area contributed by atoms with Gasteiger partial charge in [-0.15, -0.1) is 0 Å². The van der Waals surface area contributed by atoms with Crippen molar-refractivity contribution in [3.8, 4) is 0 Å². The molecule has 0 saturated heterocycles. The first-order valence-electron chi connectivity index (χ1n) is 10.8. The number of fused-ring (bicyclic) bond motifs is 1. The average molecular weight is 472 g/mol. The van der Waals surface area contributed by atoms with Crippen LogP contribution in [0.5, 0.6) is 0 Å². The Kier molecular flexibility index (Phi) is 6.11. The number of nitrogens with one attached hydrogen (secondary N) is 2. The van der Waals surface area contributed by atoms with Gasteiger partial charge in [0.25, 0.3) is 5.56 Å². The van der Waals surface area contributed by atoms with Gasteiger partial charge in [-0.05, 0) is 69.4 Å². The SMILES string of the molecule is Cc1cc(C(=O)c2c(NC(=O)NCC(C)(C)O)sc3c2ccc(=O)n3CC2CC2)ccc1F. The number of hydrogen-bond donors (Lipinski definition) is 3. The van der Waals surface area contributed by atoms with Crippen molar-refractivity contribution < 1.29 is 19.1 Å². The third-order valence-electron chi connectivity index (χ3n) is 5.52. The molecule has 1 aliphatic rings. The molecule has 1 aliphatic carbocycles. The zero-order chi connectivity index (χ0) is 23.9. The van der Waals surface area contributed by atoms with Crippen molar-refractivity contribution >= 4 is 38.4 Å². The third kappa shape index (κ3) is 5.15. The summed E-state index contributed by atoms with van der Waals surface area (Å²) in [6.07, 6.45) is 2.11. The number of thiophene rings is 1. The molecule has 33 heavy (non-hydrogen) atoms. The van der Waals surface area contributed by atoms with E-state index >= 15 is 0 Å². The van der Waals surface area contributed by atoms with Gasteiger partial charge in [0, 0.05) is 30.1 Å². The van der Waals surface area contributed by atoms with E-state index in [1.54, 1.807) is 31.4 Å². The molecule has 7 nitrogen and oxygen atoms in total. The number of hydrogen-bond acceptors (Lipinski definition) is 5. The summed E-state index contributed by atoms with van der Waals surface area (Å²) in [4.78, 5) is 39.2. The van der Waals surface area contributed by atoms with Crippen molar-refractivity contribution in [2.75, 3.05) is 11.9 Å². The maximum atomic E-state index is 13.8. The molecule has 0 aliphatic heterocycles. The molecule has 174 valence electrons. The van der Waals surface area contributed by atoms with E-state index in [0.29, 0.717) is 33.2 Å². The number of rotatable bonds is 7. The van der Waals surface area contributed by atoms with Gasteiger partial charge < -0.3 is 10.4 Å². The first kappa shape index (κ1) is 23.1. The minimum atomic E-state index is -1.10. The highest BCUT2D eigenvalue weighted by molar-refractivity contribution is 7.23. The summed E-state index contributed by atoms with van der Waals surface area (Å²) in [5.41, 5.74) is -0.391. The van der Waals surface area contributed by atoms with Crippen LogP contribution in [-0.4, -0.2) is 33.6 Å². The van der Waals surface area contributed by atoms with E-state index in [2.05, 4.69) is 10.6 Å². The predicted molar refractivity (Wildman–Crippen MR) is 127 cm³/mol. The molecule has 4 rings (SSSR count). The van der Waals surface area contributed by atoms with Crippen molar-refractivity contribution in [1.82, 2.24) is 9.88 Å². The lowest BCUT2D eigenvalue weighted by molar-refractivity contribution is 0.0826. The molecule has 0 atom stereocenters. The first-order valence-corrected chi connectivity index (χ1v) is 11.6. The van der Waals surface area contributed by atoms with Gasteiger partial charge in [0.15, 0.2) is 5.78 Å².